The molecule has 1 aliphatic rings. The number of benzene rings is 1. The number of anilines is 1. The summed E-state index contributed by atoms with van der Waals surface area (Å²) in [6.45, 7) is 4.32. The van der Waals surface area contributed by atoms with E-state index in [2.05, 4.69) is 56.5 Å². The number of hydrogen-bond donors (Lipinski definition) is 2. The minimum atomic E-state index is 0.0431. The number of amides is 1. The number of hydrogen-bond acceptors (Lipinski definition) is 5. The maximum Gasteiger partial charge on any atom is 0.228 e. The van der Waals surface area contributed by atoms with Crippen molar-refractivity contribution in [1.29, 1.82) is 0 Å². The van der Waals surface area contributed by atoms with Crippen LogP contribution >= 0.6 is 0 Å². The van der Waals surface area contributed by atoms with Gasteiger partial charge in [-0.2, -0.15) is 4.98 Å². The van der Waals surface area contributed by atoms with Crippen molar-refractivity contribution in [2.75, 3.05) is 31.6 Å². The zero-order valence-electron chi connectivity index (χ0n) is 16.9. The van der Waals surface area contributed by atoms with Gasteiger partial charge in [-0.3, -0.25) is 4.79 Å². The predicted octanol–water partition coefficient (Wildman–Crippen LogP) is 2.85. The first kappa shape index (κ1) is 19.2. The van der Waals surface area contributed by atoms with E-state index in [0.717, 1.165) is 37.9 Å². The van der Waals surface area contributed by atoms with Gasteiger partial charge in [0.1, 0.15) is 0 Å². The van der Waals surface area contributed by atoms with Crippen molar-refractivity contribution in [1.82, 2.24) is 20.3 Å². The summed E-state index contributed by atoms with van der Waals surface area (Å²) in [6, 6.07) is 8.00. The molecule has 0 saturated carbocycles. The van der Waals surface area contributed by atoms with E-state index in [1.54, 1.807) is 19.4 Å². The standard InChI is InChI=1S/C22H27N5O2/c1-15-4-3-5-18-20(15)17(14-25-18)6-10-23-21(28)16-8-12-27(13-9-16)22-24-11-7-19(26-22)29-2/h3-5,7,11,14,16,25H,6,8-10,12-13H2,1-2H3,(H,23,28). The average molecular weight is 393 g/mol. The quantitative estimate of drug-likeness (QED) is 0.673. The van der Waals surface area contributed by atoms with Gasteiger partial charge in [0.05, 0.1) is 7.11 Å². The van der Waals surface area contributed by atoms with Gasteiger partial charge in [0, 0.05) is 54.9 Å². The lowest BCUT2D eigenvalue weighted by molar-refractivity contribution is -0.125. The van der Waals surface area contributed by atoms with Crippen LogP contribution in [0.15, 0.2) is 36.7 Å². The SMILES string of the molecule is COc1ccnc(N2CCC(C(=O)NCCc3c[nH]c4cccc(C)c34)CC2)n1. The number of rotatable bonds is 6. The van der Waals surface area contributed by atoms with Crippen LogP contribution in [0.2, 0.25) is 0 Å². The van der Waals surface area contributed by atoms with Crippen molar-refractivity contribution in [3.8, 4) is 5.88 Å². The molecular weight excluding hydrogens is 366 g/mol. The largest absolute Gasteiger partial charge is 0.481 e. The van der Waals surface area contributed by atoms with Crippen LogP contribution in [0, 0.1) is 12.8 Å². The molecule has 1 fully saturated rings. The van der Waals surface area contributed by atoms with Gasteiger partial charge in [0.2, 0.25) is 17.7 Å². The fourth-order valence-corrected chi connectivity index (χ4v) is 4.05. The Morgan fingerprint density at radius 2 is 2.14 bits per heavy atom. The number of carbonyl (C=O) groups excluding carboxylic acids is 1. The lowest BCUT2D eigenvalue weighted by Gasteiger charge is -2.31. The highest BCUT2D eigenvalue weighted by atomic mass is 16.5. The fraction of sp³-hybridized carbons (Fsp3) is 0.409. The molecule has 1 aliphatic heterocycles. The molecule has 0 radical (unpaired) electrons. The fourth-order valence-electron chi connectivity index (χ4n) is 4.05. The van der Waals surface area contributed by atoms with Gasteiger partial charge in [-0.05, 0) is 43.4 Å². The van der Waals surface area contributed by atoms with E-state index < -0.39 is 0 Å². The Hall–Kier alpha value is -3.09. The number of fused-ring (bicyclic) bond motifs is 1. The van der Waals surface area contributed by atoms with E-state index in [0.29, 0.717) is 18.4 Å². The summed E-state index contributed by atoms with van der Waals surface area (Å²) in [7, 11) is 1.60. The van der Waals surface area contributed by atoms with Crippen molar-refractivity contribution < 1.29 is 9.53 Å². The molecule has 1 saturated heterocycles. The lowest BCUT2D eigenvalue weighted by Crippen LogP contribution is -2.41. The molecule has 1 amide bonds. The highest BCUT2D eigenvalue weighted by molar-refractivity contribution is 5.86. The lowest BCUT2D eigenvalue weighted by atomic mass is 9.96. The summed E-state index contributed by atoms with van der Waals surface area (Å²) in [5.41, 5.74) is 3.67. The van der Waals surface area contributed by atoms with Crippen molar-refractivity contribution in [3.63, 3.8) is 0 Å². The molecule has 2 N–H and O–H groups in total. The zero-order valence-corrected chi connectivity index (χ0v) is 16.9. The average Bonchev–Trinajstić information content (AvgIpc) is 3.18. The van der Waals surface area contributed by atoms with Gasteiger partial charge in [0.25, 0.3) is 0 Å². The van der Waals surface area contributed by atoms with E-state index in [1.165, 1.54) is 16.5 Å². The molecule has 7 heteroatoms. The number of nitrogens with zero attached hydrogens (tertiary/aromatic N) is 3. The smallest absolute Gasteiger partial charge is 0.228 e. The molecule has 0 aliphatic carbocycles. The van der Waals surface area contributed by atoms with E-state index >= 15 is 0 Å². The van der Waals surface area contributed by atoms with Crippen LogP contribution in [0.25, 0.3) is 10.9 Å². The Bertz CT molecular complexity index is 992. The monoisotopic (exact) mass is 393 g/mol. The van der Waals surface area contributed by atoms with Crippen LogP contribution in [0.1, 0.15) is 24.0 Å². The number of piperidine rings is 1. The number of aryl methyl sites for hydroxylation is 1. The first-order valence-electron chi connectivity index (χ1n) is 10.1. The third-order valence-corrected chi connectivity index (χ3v) is 5.66. The molecule has 29 heavy (non-hydrogen) atoms. The third kappa shape index (κ3) is 4.18. The van der Waals surface area contributed by atoms with Gasteiger partial charge in [-0.15, -0.1) is 0 Å². The maximum atomic E-state index is 12.6. The maximum absolute atomic E-state index is 12.6. The van der Waals surface area contributed by atoms with Crippen LogP contribution in [-0.2, 0) is 11.2 Å². The molecule has 3 heterocycles. The van der Waals surface area contributed by atoms with Gasteiger partial charge in [0.15, 0.2) is 0 Å². The second-order valence-corrected chi connectivity index (χ2v) is 7.51. The summed E-state index contributed by atoms with van der Waals surface area (Å²) in [5, 5.41) is 4.40. The van der Waals surface area contributed by atoms with Gasteiger partial charge in [-0.1, -0.05) is 12.1 Å². The zero-order chi connectivity index (χ0) is 20.2. The summed E-state index contributed by atoms with van der Waals surface area (Å²) < 4.78 is 5.17. The summed E-state index contributed by atoms with van der Waals surface area (Å²) in [4.78, 5) is 26.8. The van der Waals surface area contributed by atoms with E-state index in [1.807, 2.05) is 0 Å². The van der Waals surface area contributed by atoms with Gasteiger partial charge >= 0.3 is 0 Å². The number of carbonyl (C=O) groups is 1. The molecule has 7 nitrogen and oxygen atoms in total. The summed E-state index contributed by atoms with van der Waals surface area (Å²) >= 11 is 0. The number of ether oxygens (including phenoxy) is 1. The molecular formula is C22H27N5O2. The van der Waals surface area contributed by atoms with E-state index in [9.17, 15) is 4.79 Å². The minimum absolute atomic E-state index is 0.0431. The van der Waals surface area contributed by atoms with Crippen LogP contribution in [0.5, 0.6) is 5.88 Å². The van der Waals surface area contributed by atoms with Crippen molar-refractivity contribution in [2.24, 2.45) is 5.92 Å². The van der Waals surface area contributed by atoms with Gasteiger partial charge in [-0.25, -0.2) is 4.98 Å². The van der Waals surface area contributed by atoms with Crippen molar-refractivity contribution >= 4 is 22.8 Å². The highest BCUT2D eigenvalue weighted by Gasteiger charge is 2.26. The number of nitrogens with one attached hydrogen (secondary N) is 2. The Morgan fingerprint density at radius 1 is 1.31 bits per heavy atom. The van der Waals surface area contributed by atoms with Crippen LogP contribution in [-0.4, -0.2) is 47.6 Å². The molecule has 0 atom stereocenters. The van der Waals surface area contributed by atoms with E-state index in [-0.39, 0.29) is 11.8 Å². The molecule has 152 valence electrons. The molecule has 0 spiro atoms. The topological polar surface area (TPSA) is 83.1 Å². The second-order valence-electron chi connectivity index (χ2n) is 7.51. The highest BCUT2D eigenvalue weighted by Crippen LogP contribution is 2.23. The Balaban J connectivity index is 1.28. The van der Waals surface area contributed by atoms with Crippen LogP contribution in [0.3, 0.4) is 0 Å². The van der Waals surface area contributed by atoms with Crippen molar-refractivity contribution in [3.05, 3.63) is 47.8 Å². The Kier molecular flexibility index (Phi) is 5.64. The molecule has 1 aromatic carbocycles. The van der Waals surface area contributed by atoms with E-state index in [4.69, 9.17) is 4.74 Å². The second kappa shape index (κ2) is 8.51. The normalized spacial score (nSPS) is 14.9. The van der Waals surface area contributed by atoms with Crippen LogP contribution < -0.4 is 15.0 Å². The summed E-state index contributed by atoms with van der Waals surface area (Å²) in [6.07, 6.45) is 6.19. The molecule has 0 bridgehead atoms. The first-order valence-corrected chi connectivity index (χ1v) is 10.1. The third-order valence-electron chi connectivity index (χ3n) is 5.66. The molecule has 4 rings (SSSR count). The molecule has 3 aromatic rings. The Labute approximate surface area is 170 Å². The van der Waals surface area contributed by atoms with Crippen molar-refractivity contribution in [2.45, 2.75) is 26.2 Å². The number of aromatic nitrogens is 3. The molecule has 0 unspecified atom stereocenters. The molecule has 2 aromatic heterocycles. The summed E-state index contributed by atoms with van der Waals surface area (Å²) in [5.74, 6) is 1.41. The minimum Gasteiger partial charge on any atom is -0.481 e. The Morgan fingerprint density at radius 3 is 2.93 bits per heavy atom. The predicted molar refractivity (Wildman–Crippen MR) is 113 cm³/mol. The number of methoxy groups -OCH3 is 1. The number of H-pyrrole nitrogens is 1. The first-order chi connectivity index (χ1) is 14.2. The number of aromatic amines is 1. The van der Waals surface area contributed by atoms with Crippen LogP contribution in [0.4, 0.5) is 5.95 Å². The van der Waals surface area contributed by atoms with Gasteiger partial charge < -0.3 is 19.9 Å².